The van der Waals surface area contributed by atoms with Crippen LogP contribution in [-0.2, 0) is 85.8 Å². The van der Waals surface area contributed by atoms with Crippen LogP contribution in [0.25, 0.3) is 0 Å². The molecule has 0 N–H and O–H groups in total. The molecule has 25 heteroatoms. The predicted molar refractivity (Wildman–Crippen MR) is 606 cm³/mol. The standard InChI is InChI=1S/C64H124N2O10.C52H98Cl2O6.C6H13NO2.2ClH/c1-9-11-13-15-17-19-21-23-28-34-40-46-60(75-63(70)56-65(5,6)51-54-72-58(3)67)48-42-36-30-25-26-33-39-45-53-74-62(69)50-44-38-32-27-31-37-43-49-61(47-41-35-29-24-22-20-18-16-14-12-10-2)76-64(71)57-66(7,8)52-55-73-59(4)68;1-3-5-7-9-11-13-15-17-22-28-34-40-48(59-51(56)46-53)42-36-30-24-19-20-27-33-39-45-58-50(55)44-38-32-26-21-25-31-37-43-49(60-52(57)47-54)41-35-29-23-18-16-14-12-10-8-6-4-2;1-6(8)9-5-4-7(2)3;;/h60-61H,9-57H2,1-8H3;48-49H,3-47H2,1-2H3;4-5H2,1-3H3;2*1H/q+2;;;;/p-2. The smallest absolute Gasteiger partial charge is 0.362 e. The third-order valence-corrected chi connectivity index (χ3v) is 28.5. The number of alkyl halides is 2. The molecule has 0 amide bonds. The molecule has 21 nitrogen and oxygen atoms in total. The number of nitrogens with zero attached hydrogens (tertiary/aromatic N) is 3. The van der Waals surface area contributed by atoms with E-state index in [0.717, 1.165) is 212 Å². The highest BCUT2D eigenvalue weighted by atomic mass is 35.5. The van der Waals surface area contributed by atoms with E-state index in [4.69, 9.17) is 61.1 Å². The number of carbonyl (C=O) groups excluding carboxylic acids is 9. The summed E-state index contributed by atoms with van der Waals surface area (Å²) in [4.78, 5) is 109. The molecule has 0 aromatic carbocycles. The number of hydrogen-bond donors (Lipinski definition) is 0. The van der Waals surface area contributed by atoms with Crippen molar-refractivity contribution in [2.45, 2.75) is 612 Å². The van der Waals surface area contributed by atoms with Crippen molar-refractivity contribution in [2.24, 2.45) is 0 Å². The molecule has 0 spiro atoms. The Morgan fingerprint density at radius 2 is 0.388 bits per heavy atom. The first kappa shape index (κ1) is 152. The van der Waals surface area contributed by atoms with Gasteiger partial charge >= 0.3 is 53.7 Å². The molecule has 0 aromatic heterocycles. The van der Waals surface area contributed by atoms with Crippen LogP contribution in [0.3, 0.4) is 0 Å². The van der Waals surface area contributed by atoms with Gasteiger partial charge in [-0.3, -0.25) is 33.6 Å². The van der Waals surface area contributed by atoms with Gasteiger partial charge in [-0.25, -0.2) is 9.59 Å². The Morgan fingerprint density at radius 1 is 0.218 bits per heavy atom. The molecule has 4 atom stereocenters. The highest BCUT2D eigenvalue weighted by molar-refractivity contribution is 6.26. The van der Waals surface area contributed by atoms with Gasteiger partial charge in [0.1, 0.15) is 69.1 Å². The van der Waals surface area contributed by atoms with E-state index in [2.05, 4.69) is 32.4 Å². The van der Waals surface area contributed by atoms with Crippen LogP contribution in [0.1, 0.15) is 588 Å². The number of ether oxygens (including phenoxy) is 9. The zero-order valence-corrected chi connectivity index (χ0v) is 101. The molecule has 0 bridgehead atoms. The number of unbranched alkanes of at least 4 members (excludes halogenated alkanes) is 66. The van der Waals surface area contributed by atoms with E-state index in [1.807, 2.05) is 47.2 Å². The van der Waals surface area contributed by atoms with Gasteiger partial charge in [-0.1, -0.05) is 426 Å². The van der Waals surface area contributed by atoms with E-state index in [9.17, 15) is 43.2 Å². The number of quaternary nitrogens is 2. The molecule has 0 radical (unpaired) electrons. The van der Waals surface area contributed by atoms with Crippen LogP contribution in [0.5, 0.6) is 0 Å². The summed E-state index contributed by atoms with van der Waals surface area (Å²) in [6, 6.07) is 0. The topological polar surface area (TPSA) is 240 Å². The molecule has 0 aromatic rings. The van der Waals surface area contributed by atoms with Gasteiger partial charge in [-0.05, 0) is 143 Å². The summed E-state index contributed by atoms with van der Waals surface area (Å²) in [5, 5.41) is 0. The van der Waals surface area contributed by atoms with Gasteiger partial charge in [0.15, 0.2) is 13.1 Å². The van der Waals surface area contributed by atoms with Crippen LogP contribution < -0.4 is 24.8 Å². The van der Waals surface area contributed by atoms with Crippen LogP contribution in [-0.4, -0.2) is 212 Å². The quantitative estimate of drug-likeness (QED) is 0.0181. The van der Waals surface area contributed by atoms with E-state index in [0.29, 0.717) is 67.9 Å². The molecule has 0 fully saturated rings. The second-order valence-corrected chi connectivity index (χ2v) is 44.7. The largest absolute Gasteiger partial charge is 1.00 e. The molecule has 4 unspecified atom stereocenters. The van der Waals surface area contributed by atoms with E-state index in [1.54, 1.807) is 0 Å². The van der Waals surface area contributed by atoms with E-state index in [-0.39, 0.29) is 128 Å². The molecule has 0 aliphatic rings. The highest BCUT2D eigenvalue weighted by Crippen LogP contribution is 2.26. The van der Waals surface area contributed by atoms with Crippen LogP contribution in [0.2, 0.25) is 0 Å². The monoisotopic (exact) mass is 2170 g/mol. The first-order chi connectivity index (χ1) is 70.2. The van der Waals surface area contributed by atoms with Crippen molar-refractivity contribution in [1.82, 2.24) is 4.90 Å². The van der Waals surface area contributed by atoms with E-state index in [1.165, 1.54) is 342 Å². The van der Waals surface area contributed by atoms with Gasteiger partial charge in [0.05, 0.1) is 41.4 Å². The molecule has 874 valence electrons. The van der Waals surface area contributed by atoms with Crippen molar-refractivity contribution in [3.05, 3.63) is 0 Å². The zero-order valence-electron chi connectivity index (χ0n) is 97.9. The molecule has 0 saturated heterocycles. The van der Waals surface area contributed by atoms with Gasteiger partial charge in [0.2, 0.25) is 0 Å². The Kier molecular flexibility index (Phi) is 122. The molecule has 0 saturated carbocycles. The predicted octanol–water partition coefficient (Wildman–Crippen LogP) is 27.4. The van der Waals surface area contributed by atoms with Gasteiger partial charge < -0.3 is 81.3 Å². The van der Waals surface area contributed by atoms with Crippen molar-refractivity contribution < 1.29 is 120 Å². The molecule has 0 rings (SSSR count). The van der Waals surface area contributed by atoms with E-state index < -0.39 is 0 Å². The van der Waals surface area contributed by atoms with Gasteiger partial charge in [0, 0.05) is 40.2 Å². The molecular formula is C122H235Cl4N3O18. The van der Waals surface area contributed by atoms with Crippen LogP contribution in [0.4, 0.5) is 0 Å². The second-order valence-electron chi connectivity index (χ2n) is 44.2. The lowest BCUT2D eigenvalue weighted by molar-refractivity contribution is -0.883. The number of halogens is 4. The molecule has 0 heterocycles. The maximum Gasteiger partial charge on any atom is 0.362 e. The first-order valence-corrected chi connectivity index (χ1v) is 62.1. The Bertz CT molecular complexity index is 2880. The summed E-state index contributed by atoms with van der Waals surface area (Å²) in [5.74, 6) is -1.96. The Hall–Kier alpha value is -3.73. The third-order valence-electron chi connectivity index (χ3n) is 28.1. The number of carbonyl (C=O) groups is 9. The van der Waals surface area contributed by atoms with Gasteiger partial charge in [-0.2, -0.15) is 0 Å². The minimum absolute atomic E-state index is 0. The number of rotatable bonds is 109. The van der Waals surface area contributed by atoms with Crippen molar-refractivity contribution in [1.29, 1.82) is 0 Å². The SMILES string of the molecule is CC(=O)OCCN(C)C.CCCCCCCCCCCCCC(CCCCCCCCCCOC(=O)CCCCCCCCCC(CCCCCCCCCCCCC)OC(=O)CCl)OC(=O)CCl.CCCCCCCCCCCCCC(CCCCCCCCCCOC(=O)CCCCCCCCCC(CCCCCCCCCCCCC)OC(=O)C[N+](C)(C)CCOC(C)=O)OC(=O)C[N+](C)(C)CCOC(C)=O.[Cl-].[Cl-]. The summed E-state index contributed by atoms with van der Waals surface area (Å²) in [6.07, 6.45) is 99.6. The maximum atomic E-state index is 13.0. The first-order valence-electron chi connectivity index (χ1n) is 61.1. The third kappa shape index (κ3) is 124. The molecule has 147 heavy (non-hydrogen) atoms. The summed E-state index contributed by atoms with van der Waals surface area (Å²) in [6.45, 7) is 17.9. The summed E-state index contributed by atoms with van der Waals surface area (Å²) < 4.78 is 50.3. The number of hydrogen-bond acceptors (Lipinski definition) is 19. The Balaban J connectivity index is -0.000000848. The Morgan fingerprint density at radius 3 is 0.571 bits per heavy atom. The lowest BCUT2D eigenvalue weighted by Crippen LogP contribution is -3.00. The Labute approximate surface area is 927 Å². The van der Waals surface area contributed by atoms with Crippen molar-refractivity contribution in [2.75, 3.05) is 120 Å². The number of esters is 9. The summed E-state index contributed by atoms with van der Waals surface area (Å²) in [5.41, 5.74) is 0. The van der Waals surface area contributed by atoms with Crippen LogP contribution in [0.15, 0.2) is 0 Å². The fraction of sp³-hybridized carbons (Fsp3) is 0.926. The number of likely N-dealkylation sites (N-methyl/N-ethyl adjacent to an activating group) is 3. The second kappa shape index (κ2) is 118. The van der Waals surface area contributed by atoms with E-state index >= 15 is 0 Å². The fourth-order valence-corrected chi connectivity index (χ4v) is 18.9. The maximum absolute atomic E-state index is 13.0. The van der Waals surface area contributed by atoms with Crippen molar-refractivity contribution in [3.63, 3.8) is 0 Å². The van der Waals surface area contributed by atoms with Crippen molar-refractivity contribution >= 4 is 76.9 Å². The normalized spacial score (nSPS) is 12.2. The minimum atomic E-state index is -0.302. The molecule has 0 aliphatic heterocycles. The van der Waals surface area contributed by atoms with Gasteiger partial charge in [0.25, 0.3) is 0 Å². The summed E-state index contributed by atoms with van der Waals surface area (Å²) >= 11 is 11.5. The van der Waals surface area contributed by atoms with Crippen LogP contribution >= 0.6 is 23.2 Å². The lowest BCUT2D eigenvalue weighted by atomic mass is 10.0. The lowest BCUT2D eigenvalue weighted by Gasteiger charge is -2.29. The molecular weight excluding hydrogens is 1940 g/mol. The van der Waals surface area contributed by atoms with Crippen LogP contribution in [0, 0.1) is 0 Å². The fourth-order valence-electron chi connectivity index (χ4n) is 18.8. The average Bonchev–Trinajstić information content (AvgIpc) is 0.904. The van der Waals surface area contributed by atoms with Crippen molar-refractivity contribution in [3.8, 4) is 0 Å². The zero-order chi connectivity index (χ0) is 107. The summed E-state index contributed by atoms with van der Waals surface area (Å²) in [7, 11) is 11.8. The minimum Gasteiger partial charge on any atom is -1.00 e. The highest BCUT2D eigenvalue weighted by Gasteiger charge is 2.27. The van der Waals surface area contributed by atoms with Gasteiger partial charge in [-0.15, -0.1) is 23.2 Å². The average molecular weight is 2170 g/mol. The molecule has 0 aliphatic carbocycles.